The predicted molar refractivity (Wildman–Crippen MR) is 358 cm³/mol. The molecule has 9 aliphatic rings. The van der Waals surface area contributed by atoms with E-state index in [4.69, 9.17) is 48.7 Å². The maximum absolute atomic E-state index is 12.3. The minimum Gasteiger partial charge on any atom is -0.870 e. The van der Waals surface area contributed by atoms with Crippen molar-refractivity contribution in [2.45, 2.75) is 160 Å². The Morgan fingerprint density at radius 3 is 1.15 bits per heavy atom. The molecule has 0 radical (unpaired) electrons. The number of nitrogens with two attached hydrogens (primary N) is 1. The van der Waals surface area contributed by atoms with Gasteiger partial charge in [0.15, 0.2) is 0 Å². The van der Waals surface area contributed by atoms with E-state index in [0.717, 1.165) is 236 Å². The summed E-state index contributed by atoms with van der Waals surface area (Å²) < 4.78 is 45.7. The molecule has 7 heterocycles. The van der Waals surface area contributed by atoms with Gasteiger partial charge in [-0.05, 0) is 141 Å². The number of hydrogen-bond donors (Lipinski definition) is 3. The van der Waals surface area contributed by atoms with Crippen molar-refractivity contribution >= 4 is 67.6 Å². The van der Waals surface area contributed by atoms with Gasteiger partial charge in [-0.25, -0.2) is 29.9 Å². The zero-order valence-electron chi connectivity index (χ0n) is 54.9. The van der Waals surface area contributed by atoms with Crippen molar-refractivity contribution in [1.29, 1.82) is 0 Å². The van der Waals surface area contributed by atoms with Gasteiger partial charge in [0.2, 0.25) is 5.91 Å². The monoisotopic (exact) mass is 1310 g/mol. The Kier molecular flexibility index (Phi) is 29.4. The minimum atomic E-state index is -0.698. The molecule has 15 rings (SSSR count). The average molecular weight is 1310 g/mol. The molecule has 4 aliphatic heterocycles. The molecule has 3 aromatic carbocycles. The number of carboxylic acids is 1. The van der Waals surface area contributed by atoms with Gasteiger partial charge in [0.1, 0.15) is 36.2 Å². The number of carboxylic acid groups (broad SMARTS) is 1. The number of morpholine rings is 3. The van der Waals surface area contributed by atoms with Crippen LogP contribution >= 0.6 is 0 Å². The number of esters is 1. The number of carbonyl (C=O) groups excluding carboxylic acids is 2. The molecule has 24 nitrogen and oxygen atoms in total. The Morgan fingerprint density at radius 1 is 0.505 bits per heavy atom. The molecule has 25 heteroatoms. The zero-order chi connectivity index (χ0) is 63.4. The first-order valence-corrected chi connectivity index (χ1v) is 33.8. The van der Waals surface area contributed by atoms with E-state index in [2.05, 4.69) is 86.3 Å². The van der Waals surface area contributed by atoms with E-state index in [-0.39, 0.29) is 79.7 Å². The normalized spacial score (nSPS) is 23.2. The maximum atomic E-state index is 12.3. The second kappa shape index (κ2) is 37.7. The van der Waals surface area contributed by atoms with Gasteiger partial charge in [-0.2, -0.15) is 0 Å². The maximum Gasteiger partial charge on any atom is 1.00 e. The Hall–Kier alpha value is -6.75. The summed E-state index contributed by atoms with van der Waals surface area (Å²) in [6.45, 7) is 13.8. The SMILES string of the molecule is C.C1CCOC1.CCOC(=O)C1CCC(Oc2cc(N3CCOCC3)cc3ncncc23)CC1.NC1CC1.O=C(NC1CC1)C1CCC(Oc2cc(N3CCOCC3)cc3ncncc23)CC1.O=C(O)C1CCC(Oc2cc(N3CCOCC3)cc3ncncc23)CC1.[Li+].[OH-]. The molecule has 5 saturated carbocycles. The molecule has 0 atom stereocenters. The molecular weight excluding hydrogens is 1210 g/mol. The topological polar surface area (TPSA) is 300 Å². The van der Waals surface area contributed by atoms with E-state index in [9.17, 15) is 14.4 Å². The summed E-state index contributed by atoms with van der Waals surface area (Å²) in [6.07, 6.45) is 27.5. The number of aromatic nitrogens is 6. The molecule has 95 heavy (non-hydrogen) atoms. The van der Waals surface area contributed by atoms with Crippen LogP contribution in [0.1, 0.15) is 130 Å². The quantitative estimate of drug-likeness (QED) is 0.0773. The van der Waals surface area contributed by atoms with Gasteiger partial charge in [-0.15, -0.1) is 0 Å². The summed E-state index contributed by atoms with van der Waals surface area (Å²) >= 11 is 0. The first-order chi connectivity index (χ1) is 45.1. The summed E-state index contributed by atoms with van der Waals surface area (Å²) in [6, 6.07) is 13.5. The number of nitrogens with zero attached hydrogens (tertiary/aromatic N) is 9. The van der Waals surface area contributed by atoms with E-state index in [1.165, 1.54) is 25.7 Å². The predicted octanol–water partition coefficient (Wildman–Crippen LogP) is 6.51. The number of ether oxygens (including phenoxy) is 8. The van der Waals surface area contributed by atoms with Crippen molar-refractivity contribution in [2.75, 3.05) is 113 Å². The third-order valence-electron chi connectivity index (χ3n) is 18.5. The summed E-state index contributed by atoms with van der Waals surface area (Å²) in [5.41, 5.74) is 11.2. The van der Waals surface area contributed by atoms with Crippen LogP contribution in [0.15, 0.2) is 74.0 Å². The number of hydrogen-bond acceptors (Lipinski definition) is 22. The number of anilines is 3. The Morgan fingerprint density at radius 2 is 0.842 bits per heavy atom. The summed E-state index contributed by atoms with van der Waals surface area (Å²) in [4.78, 5) is 68.1. The third kappa shape index (κ3) is 21.9. The third-order valence-corrected chi connectivity index (χ3v) is 18.5. The van der Waals surface area contributed by atoms with Crippen molar-refractivity contribution in [3.8, 4) is 17.2 Å². The van der Waals surface area contributed by atoms with Crippen molar-refractivity contribution in [2.24, 2.45) is 23.5 Å². The number of carbonyl (C=O) groups is 3. The summed E-state index contributed by atoms with van der Waals surface area (Å²) in [5, 5.41) is 15.1. The number of rotatable bonds is 14. The zero-order valence-corrected chi connectivity index (χ0v) is 54.9. The molecule has 512 valence electrons. The number of benzene rings is 3. The fourth-order valence-electron chi connectivity index (χ4n) is 12.7. The van der Waals surface area contributed by atoms with Gasteiger partial charge >= 0.3 is 30.8 Å². The van der Waals surface area contributed by atoms with Crippen LogP contribution in [0.25, 0.3) is 32.7 Å². The molecule has 0 spiro atoms. The molecule has 6 aromatic rings. The van der Waals surface area contributed by atoms with Gasteiger partial charge < -0.3 is 74.2 Å². The Labute approximate surface area is 570 Å². The molecule has 0 bridgehead atoms. The average Bonchev–Trinajstić information content (AvgIpc) is 1.76. The van der Waals surface area contributed by atoms with Crippen LogP contribution in [0, 0.1) is 17.8 Å². The van der Waals surface area contributed by atoms with Gasteiger partial charge in [-0.1, -0.05) is 7.43 Å². The summed E-state index contributed by atoms with van der Waals surface area (Å²) in [5.74, 6) is 1.80. The van der Waals surface area contributed by atoms with E-state index >= 15 is 0 Å². The second-order valence-corrected chi connectivity index (χ2v) is 25.3. The Balaban J connectivity index is 0.000000168. The van der Waals surface area contributed by atoms with Gasteiger partial charge in [0.05, 0.1) is 109 Å². The number of aliphatic carboxylic acids is 1. The number of amides is 1. The minimum absolute atomic E-state index is 0. The van der Waals surface area contributed by atoms with Gasteiger partial charge in [0, 0.05) is 124 Å². The first-order valence-electron chi connectivity index (χ1n) is 33.8. The standard InChI is InChI=1S/C22H28N4O3.C21H27N3O4.C19H23N3O4.C4H8O.C3H7N.CH4.Li.H2O/c27-22(25-16-3-4-16)15-1-5-18(6-2-15)29-21-12-17(26-7-9-28-10-8-26)11-20-19(21)13-23-14-24-20;1-2-27-21(25)15-3-5-17(6-4-15)28-20-12-16(24-7-9-26-10-8-24)11-19-18(20)13-22-14-23-19;23-19(24)13-1-3-15(4-2-13)26-18-10-14(22-5-7-25-8-6-22)9-17-16(18)11-20-12-21-17;1-2-4-5-3-1;4-3-1-2-3;;;/h11-16,18H,1-10H2,(H,25,27);11-15,17H,2-10H2,1H3;9-13,15H,1-8H2,(H,23,24);1-4H2;3H,1-2,4H2;1H4;;1H2/q;;;;;;+1;/p-1. The fraction of sp³-hybridized carbons (Fsp3) is 0.614. The van der Waals surface area contributed by atoms with Crippen LogP contribution in [-0.4, -0.2) is 187 Å². The van der Waals surface area contributed by atoms with Crippen LogP contribution in [0.5, 0.6) is 17.2 Å². The van der Waals surface area contributed by atoms with Gasteiger partial charge in [-0.3, -0.25) is 14.4 Å². The number of nitrogens with one attached hydrogen (secondary N) is 1. The molecule has 1 amide bonds. The van der Waals surface area contributed by atoms with Crippen molar-refractivity contribution in [1.82, 2.24) is 35.2 Å². The van der Waals surface area contributed by atoms with E-state index in [1.807, 2.05) is 19.3 Å². The molecule has 5 aliphatic carbocycles. The smallest absolute Gasteiger partial charge is 0.870 e. The fourth-order valence-corrected chi connectivity index (χ4v) is 12.7. The van der Waals surface area contributed by atoms with E-state index < -0.39 is 5.97 Å². The molecule has 4 saturated heterocycles. The molecule has 5 N–H and O–H groups in total. The Bertz CT molecular complexity index is 3320. The van der Waals surface area contributed by atoms with Crippen molar-refractivity contribution in [3.05, 3.63) is 74.0 Å². The summed E-state index contributed by atoms with van der Waals surface area (Å²) in [7, 11) is 0. The van der Waals surface area contributed by atoms with E-state index in [1.54, 1.807) is 25.2 Å². The second-order valence-electron chi connectivity index (χ2n) is 25.3. The molecule has 0 unspecified atom stereocenters. The van der Waals surface area contributed by atoms with E-state index in [0.29, 0.717) is 31.5 Å². The first kappa shape index (κ1) is 74.0. The largest absolute Gasteiger partial charge is 1.00 e. The van der Waals surface area contributed by atoms with Crippen LogP contribution in [0.3, 0.4) is 0 Å². The number of fused-ring (bicyclic) bond motifs is 3. The molecule has 3 aromatic heterocycles. The van der Waals surface area contributed by atoms with Crippen LogP contribution in [-0.2, 0) is 38.1 Å². The molecule has 9 fully saturated rings. The van der Waals surface area contributed by atoms with Crippen molar-refractivity contribution < 1.29 is 81.7 Å². The van der Waals surface area contributed by atoms with Crippen LogP contribution in [0.4, 0.5) is 17.1 Å². The van der Waals surface area contributed by atoms with Crippen LogP contribution < -0.4 is 58.8 Å². The van der Waals surface area contributed by atoms with Crippen LogP contribution in [0.2, 0.25) is 0 Å². The molecular formula is C70H98LiN11O13. The van der Waals surface area contributed by atoms with Crippen molar-refractivity contribution in [3.63, 3.8) is 0 Å². The van der Waals surface area contributed by atoms with Gasteiger partial charge in [0.25, 0.3) is 0 Å².